The van der Waals surface area contributed by atoms with Gasteiger partial charge in [0.15, 0.2) is 5.78 Å². The number of ketones is 1. The van der Waals surface area contributed by atoms with Crippen molar-refractivity contribution in [3.63, 3.8) is 0 Å². The van der Waals surface area contributed by atoms with E-state index in [2.05, 4.69) is 14.7 Å². The molecule has 2 aromatic carbocycles. The Morgan fingerprint density at radius 1 is 1.16 bits per heavy atom. The Hall–Kier alpha value is -3.10. The van der Waals surface area contributed by atoms with Gasteiger partial charge in [0.2, 0.25) is 0 Å². The summed E-state index contributed by atoms with van der Waals surface area (Å²) in [6.07, 6.45) is 3.73. The first kappa shape index (κ1) is 22.1. The second-order valence-corrected chi connectivity index (χ2v) is 8.78. The maximum atomic E-state index is 14.7. The van der Waals surface area contributed by atoms with Crippen LogP contribution >= 0.6 is 11.6 Å². The Morgan fingerprint density at radius 2 is 1.91 bits per heavy atom. The first-order valence-corrected chi connectivity index (χ1v) is 11.5. The summed E-state index contributed by atoms with van der Waals surface area (Å²) in [6, 6.07) is 10.1. The first-order valence-electron chi connectivity index (χ1n) is 9.79. The van der Waals surface area contributed by atoms with Crippen LogP contribution in [-0.2, 0) is 11.0 Å². The van der Waals surface area contributed by atoms with Crippen molar-refractivity contribution in [2.45, 2.75) is 13.3 Å². The molecule has 0 aliphatic heterocycles. The zero-order valence-electron chi connectivity index (χ0n) is 16.9. The second-order valence-electron chi connectivity index (χ2n) is 7.09. The fraction of sp³-hybridized carbons (Fsp3) is 0.130. The average Bonchev–Trinajstić information content (AvgIpc) is 3.20. The van der Waals surface area contributed by atoms with Gasteiger partial charge in [0.25, 0.3) is 0 Å². The van der Waals surface area contributed by atoms with Crippen LogP contribution in [0.4, 0.5) is 14.5 Å². The number of nitrogens with zero attached hydrogens (tertiary/aromatic N) is 1. The molecule has 4 aromatic rings. The number of pyridine rings is 1. The molecule has 5 nitrogen and oxygen atoms in total. The van der Waals surface area contributed by atoms with Crippen molar-refractivity contribution in [1.82, 2.24) is 9.97 Å². The first-order chi connectivity index (χ1) is 15.4. The Labute approximate surface area is 190 Å². The summed E-state index contributed by atoms with van der Waals surface area (Å²) in [5.74, 6) is -1.40. The molecule has 0 saturated carbocycles. The molecule has 0 spiro atoms. The van der Waals surface area contributed by atoms with Gasteiger partial charge in [0.1, 0.15) is 28.3 Å². The summed E-state index contributed by atoms with van der Waals surface area (Å²) < 4.78 is 42.7. The lowest BCUT2D eigenvalue weighted by Gasteiger charge is -2.11. The number of hydrogen-bond donors (Lipinski definition) is 2. The minimum absolute atomic E-state index is 0.142. The number of carbonyl (C=O) groups is 1. The lowest BCUT2D eigenvalue weighted by molar-refractivity contribution is 0.103. The van der Waals surface area contributed by atoms with Crippen molar-refractivity contribution >= 4 is 45.1 Å². The average molecular weight is 474 g/mol. The zero-order chi connectivity index (χ0) is 22.8. The minimum Gasteiger partial charge on any atom is -0.345 e. The molecule has 1 unspecified atom stereocenters. The maximum Gasteiger partial charge on any atom is 0.199 e. The molecule has 32 heavy (non-hydrogen) atoms. The highest BCUT2D eigenvalue weighted by molar-refractivity contribution is 7.86. The number of aromatic nitrogens is 2. The second kappa shape index (κ2) is 9.18. The third kappa shape index (κ3) is 4.28. The molecule has 2 aromatic heterocycles. The summed E-state index contributed by atoms with van der Waals surface area (Å²) in [5.41, 5.74) is 1.90. The van der Waals surface area contributed by atoms with Crippen molar-refractivity contribution in [3.05, 3.63) is 82.6 Å². The molecular weight excluding hydrogens is 456 g/mol. The van der Waals surface area contributed by atoms with Gasteiger partial charge in [-0.25, -0.2) is 18.0 Å². The van der Waals surface area contributed by atoms with Crippen LogP contribution in [0.3, 0.4) is 0 Å². The van der Waals surface area contributed by atoms with Crippen LogP contribution < -0.4 is 4.72 Å². The molecule has 1 atom stereocenters. The van der Waals surface area contributed by atoms with Gasteiger partial charge in [-0.3, -0.25) is 4.79 Å². The van der Waals surface area contributed by atoms with Gasteiger partial charge in [-0.05, 0) is 42.3 Å². The van der Waals surface area contributed by atoms with E-state index in [0.29, 0.717) is 34.3 Å². The smallest absolute Gasteiger partial charge is 0.199 e. The van der Waals surface area contributed by atoms with Crippen molar-refractivity contribution in [2.24, 2.45) is 0 Å². The van der Waals surface area contributed by atoms with E-state index in [1.165, 1.54) is 24.4 Å². The van der Waals surface area contributed by atoms with Crippen molar-refractivity contribution in [2.75, 3.05) is 10.5 Å². The molecular formula is C23H18ClF2N3O2S. The molecule has 4 rings (SSSR count). The van der Waals surface area contributed by atoms with Crippen molar-refractivity contribution in [3.8, 4) is 11.1 Å². The molecule has 0 aliphatic rings. The van der Waals surface area contributed by atoms with Crippen molar-refractivity contribution < 1.29 is 17.8 Å². The molecule has 0 saturated heterocycles. The van der Waals surface area contributed by atoms with E-state index in [1.54, 1.807) is 24.4 Å². The molecule has 0 bridgehead atoms. The predicted molar refractivity (Wildman–Crippen MR) is 123 cm³/mol. The number of H-pyrrole nitrogens is 1. The van der Waals surface area contributed by atoms with Crippen LogP contribution in [0.2, 0.25) is 5.02 Å². The number of aromatic amines is 1. The van der Waals surface area contributed by atoms with Gasteiger partial charge in [-0.1, -0.05) is 30.7 Å². The third-order valence-electron chi connectivity index (χ3n) is 4.88. The molecule has 2 N–H and O–H groups in total. The Bertz CT molecular complexity index is 1340. The van der Waals surface area contributed by atoms with Crippen molar-refractivity contribution in [1.29, 1.82) is 0 Å². The number of halogens is 3. The van der Waals surface area contributed by atoms with Gasteiger partial charge in [-0.15, -0.1) is 0 Å². The molecule has 9 heteroatoms. The molecule has 0 fully saturated rings. The summed E-state index contributed by atoms with van der Waals surface area (Å²) in [7, 11) is -1.41. The van der Waals surface area contributed by atoms with E-state index in [4.69, 9.17) is 11.6 Å². The lowest BCUT2D eigenvalue weighted by atomic mass is 10.00. The summed E-state index contributed by atoms with van der Waals surface area (Å²) in [5, 5.41) is 0.330. The van der Waals surface area contributed by atoms with E-state index in [1.807, 2.05) is 6.92 Å². The number of carbonyl (C=O) groups excluding carboxylic acids is 1. The van der Waals surface area contributed by atoms with E-state index >= 15 is 0 Å². The molecule has 164 valence electrons. The van der Waals surface area contributed by atoms with E-state index in [-0.39, 0.29) is 27.7 Å². The number of benzene rings is 2. The van der Waals surface area contributed by atoms with Gasteiger partial charge in [0.05, 0.1) is 16.3 Å². The highest BCUT2D eigenvalue weighted by atomic mass is 35.5. The highest BCUT2D eigenvalue weighted by Crippen LogP contribution is 2.33. The maximum absolute atomic E-state index is 14.7. The fourth-order valence-corrected chi connectivity index (χ4v) is 4.56. The Kier molecular flexibility index (Phi) is 6.34. The highest BCUT2D eigenvalue weighted by Gasteiger charge is 2.24. The SMILES string of the molecule is CCCS(=O)Nc1ccc(F)c(C(=O)c2c[nH]c3ncc(-c4ccc(F)cc4)cc23)c1Cl. The number of fused-ring (bicyclic) bond motifs is 1. The third-order valence-corrected chi connectivity index (χ3v) is 6.50. The summed E-state index contributed by atoms with van der Waals surface area (Å²) in [4.78, 5) is 20.5. The van der Waals surface area contributed by atoms with E-state index < -0.39 is 22.6 Å². The fourth-order valence-electron chi connectivity index (χ4n) is 3.32. The van der Waals surface area contributed by atoms with Crippen LogP contribution in [-0.4, -0.2) is 25.7 Å². The molecule has 0 amide bonds. The van der Waals surface area contributed by atoms with Gasteiger partial charge >= 0.3 is 0 Å². The summed E-state index contributed by atoms with van der Waals surface area (Å²) >= 11 is 6.34. The van der Waals surface area contributed by atoms with Gasteiger partial charge in [0, 0.05) is 34.7 Å². The number of hydrogen-bond acceptors (Lipinski definition) is 3. The standard InChI is InChI=1S/C23H18ClF2N3O2S/c1-2-9-32(31)29-19-8-7-18(26)20(21(19)24)22(30)17-12-28-23-16(17)10-14(11-27-23)13-3-5-15(25)6-4-13/h3-8,10-12,29H,2,9H2,1H3,(H,27,28). The van der Waals surface area contributed by atoms with Crippen LogP contribution in [0.25, 0.3) is 22.2 Å². The minimum atomic E-state index is -1.41. The monoisotopic (exact) mass is 473 g/mol. The van der Waals surface area contributed by atoms with Crippen LogP contribution in [0, 0.1) is 11.6 Å². The predicted octanol–water partition coefficient (Wildman–Crippen LogP) is 5.88. The Balaban J connectivity index is 1.76. The Morgan fingerprint density at radius 3 is 2.62 bits per heavy atom. The number of nitrogens with one attached hydrogen (secondary N) is 2. The normalized spacial score (nSPS) is 12.1. The largest absolute Gasteiger partial charge is 0.345 e. The van der Waals surface area contributed by atoms with E-state index in [0.717, 1.165) is 6.07 Å². The van der Waals surface area contributed by atoms with Crippen LogP contribution in [0.5, 0.6) is 0 Å². The topological polar surface area (TPSA) is 74.8 Å². The van der Waals surface area contributed by atoms with Crippen LogP contribution in [0.1, 0.15) is 29.3 Å². The number of rotatable bonds is 7. The summed E-state index contributed by atoms with van der Waals surface area (Å²) in [6.45, 7) is 1.88. The van der Waals surface area contributed by atoms with Crippen LogP contribution in [0.15, 0.2) is 54.9 Å². The van der Waals surface area contributed by atoms with E-state index in [9.17, 15) is 17.8 Å². The zero-order valence-corrected chi connectivity index (χ0v) is 18.5. The number of anilines is 1. The quantitative estimate of drug-likeness (QED) is 0.329. The molecule has 0 aliphatic carbocycles. The van der Waals surface area contributed by atoms with Gasteiger partial charge < -0.3 is 9.71 Å². The lowest BCUT2D eigenvalue weighted by Crippen LogP contribution is -2.11. The molecule has 0 radical (unpaired) electrons. The van der Waals surface area contributed by atoms with Gasteiger partial charge in [-0.2, -0.15) is 0 Å². The molecule has 2 heterocycles.